The molecule has 1 aromatic carbocycles. The highest BCUT2D eigenvalue weighted by Gasteiger charge is 2.31. The molecule has 5 rings (SSSR count). The van der Waals surface area contributed by atoms with Crippen molar-refractivity contribution in [3.05, 3.63) is 42.0 Å². The lowest BCUT2D eigenvalue weighted by Crippen LogP contribution is -2.62. The molecule has 4 aliphatic rings. The van der Waals surface area contributed by atoms with Gasteiger partial charge < -0.3 is 10.2 Å². The average molecular weight is 481 g/mol. The SMILES string of the molecule is CCNC(=NCC1CN2CCN1CC2)N1CC=C(c2ccccc2)CC1.I. The Morgan fingerprint density at radius 1 is 1.11 bits per heavy atom. The molecular weight excluding hydrogens is 449 g/mol. The second kappa shape index (κ2) is 9.89. The summed E-state index contributed by atoms with van der Waals surface area (Å²) in [5, 5.41) is 3.51. The van der Waals surface area contributed by atoms with Crippen LogP contribution in [0.25, 0.3) is 5.57 Å². The summed E-state index contributed by atoms with van der Waals surface area (Å²) >= 11 is 0. The molecule has 3 fully saturated rings. The van der Waals surface area contributed by atoms with Crippen LogP contribution in [-0.4, -0.2) is 85.6 Å². The van der Waals surface area contributed by atoms with E-state index in [1.807, 2.05) is 0 Å². The van der Waals surface area contributed by atoms with Crippen LogP contribution < -0.4 is 5.32 Å². The Kier molecular flexibility index (Phi) is 7.55. The van der Waals surface area contributed by atoms with Gasteiger partial charge in [-0.15, -0.1) is 24.0 Å². The minimum atomic E-state index is 0. The second-order valence-electron chi connectivity index (χ2n) is 7.48. The van der Waals surface area contributed by atoms with Crippen LogP contribution in [0.1, 0.15) is 18.9 Å². The molecule has 5 nitrogen and oxygen atoms in total. The summed E-state index contributed by atoms with van der Waals surface area (Å²) in [5.41, 5.74) is 2.82. The smallest absolute Gasteiger partial charge is 0.194 e. The number of hydrogen-bond acceptors (Lipinski definition) is 3. The van der Waals surface area contributed by atoms with E-state index in [9.17, 15) is 0 Å². The van der Waals surface area contributed by atoms with Gasteiger partial charge in [-0.05, 0) is 24.5 Å². The zero-order valence-corrected chi connectivity index (χ0v) is 18.6. The molecule has 0 amide bonds. The maximum Gasteiger partial charge on any atom is 0.194 e. The van der Waals surface area contributed by atoms with E-state index in [2.05, 4.69) is 63.3 Å². The maximum atomic E-state index is 5.01. The van der Waals surface area contributed by atoms with Crippen molar-refractivity contribution in [3.63, 3.8) is 0 Å². The minimum absolute atomic E-state index is 0. The van der Waals surface area contributed by atoms with E-state index in [1.54, 1.807) is 0 Å². The third-order valence-electron chi connectivity index (χ3n) is 5.83. The van der Waals surface area contributed by atoms with Crippen LogP contribution in [0.15, 0.2) is 41.4 Å². The molecule has 27 heavy (non-hydrogen) atoms. The summed E-state index contributed by atoms with van der Waals surface area (Å²) in [6.45, 7) is 12.0. The van der Waals surface area contributed by atoms with Crippen molar-refractivity contribution in [2.45, 2.75) is 19.4 Å². The molecule has 1 N–H and O–H groups in total. The molecule has 1 atom stereocenters. The van der Waals surface area contributed by atoms with Crippen LogP contribution in [0, 0.1) is 0 Å². The second-order valence-corrected chi connectivity index (χ2v) is 7.48. The summed E-state index contributed by atoms with van der Waals surface area (Å²) < 4.78 is 0. The number of piperazine rings is 3. The van der Waals surface area contributed by atoms with Crippen LogP contribution in [0.5, 0.6) is 0 Å². The van der Waals surface area contributed by atoms with Crippen LogP contribution in [0.3, 0.4) is 0 Å². The first kappa shape index (κ1) is 20.6. The third-order valence-corrected chi connectivity index (χ3v) is 5.83. The fourth-order valence-electron chi connectivity index (χ4n) is 4.29. The fraction of sp³-hybridized carbons (Fsp3) is 0.571. The van der Waals surface area contributed by atoms with Gasteiger partial charge >= 0.3 is 0 Å². The summed E-state index contributed by atoms with van der Waals surface area (Å²) in [4.78, 5) is 12.6. The van der Waals surface area contributed by atoms with E-state index < -0.39 is 0 Å². The zero-order chi connectivity index (χ0) is 17.8. The van der Waals surface area contributed by atoms with Gasteiger partial charge in [0.25, 0.3) is 0 Å². The van der Waals surface area contributed by atoms with Gasteiger partial charge in [-0.1, -0.05) is 36.4 Å². The summed E-state index contributed by atoms with van der Waals surface area (Å²) in [6, 6.07) is 11.3. The van der Waals surface area contributed by atoms with E-state index in [0.717, 1.165) is 38.6 Å². The van der Waals surface area contributed by atoms with Crippen molar-refractivity contribution in [3.8, 4) is 0 Å². The minimum Gasteiger partial charge on any atom is -0.357 e. The average Bonchev–Trinajstić information content (AvgIpc) is 2.73. The van der Waals surface area contributed by atoms with E-state index >= 15 is 0 Å². The Hall–Kier alpha value is -1.12. The molecule has 2 bridgehead atoms. The first-order valence-electron chi connectivity index (χ1n) is 10.1. The summed E-state index contributed by atoms with van der Waals surface area (Å²) in [5.74, 6) is 1.08. The van der Waals surface area contributed by atoms with Crippen LogP contribution in [-0.2, 0) is 0 Å². The number of nitrogens with one attached hydrogen (secondary N) is 1. The molecule has 0 aromatic heterocycles. The Morgan fingerprint density at radius 2 is 1.89 bits per heavy atom. The van der Waals surface area contributed by atoms with Crippen molar-refractivity contribution >= 4 is 35.5 Å². The lowest BCUT2D eigenvalue weighted by molar-refractivity contribution is 0.0173. The number of benzene rings is 1. The molecule has 148 valence electrons. The monoisotopic (exact) mass is 481 g/mol. The van der Waals surface area contributed by atoms with Gasteiger partial charge in [0.1, 0.15) is 0 Å². The van der Waals surface area contributed by atoms with Crippen molar-refractivity contribution in [1.29, 1.82) is 0 Å². The van der Waals surface area contributed by atoms with E-state index in [-0.39, 0.29) is 24.0 Å². The number of halogens is 1. The Bertz CT molecular complexity index is 652. The van der Waals surface area contributed by atoms with Gasteiger partial charge in [0.2, 0.25) is 0 Å². The molecule has 1 unspecified atom stereocenters. The molecule has 6 heteroatoms. The largest absolute Gasteiger partial charge is 0.357 e. The highest BCUT2D eigenvalue weighted by atomic mass is 127. The number of rotatable bonds is 4. The molecule has 4 aliphatic heterocycles. The maximum absolute atomic E-state index is 5.01. The lowest BCUT2D eigenvalue weighted by Gasteiger charge is -2.47. The predicted octanol–water partition coefficient (Wildman–Crippen LogP) is 2.36. The van der Waals surface area contributed by atoms with Gasteiger partial charge in [0.15, 0.2) is 5.96 Å². The molecular formula is C21H32IN5. The number of guanidine groups is 1. The quantitative estimate of drug-likeness (QED) is 0.407. The standard InChI is InChI=1S/C21H31N5.HI/c1-2-22-21(23-16-20-17-24-12-14-25(20)15-13-24)26-10-8-19(9-11-26)18-6-4-3-5-7-18;/h3-8,20H,2,9-17H2,1H3,(H,22,23);1H. The van der Waals surface area contributed by atoms with Crippen molar-refractivity contribution in [2.75, 3.05) is 58.9 Å². The van der Waals surface area contributed by atoms with Gasteiger partial charge in [0, 0.05) is 58.4 Å². The van der Waals surface area contributed by atoms with Gasteiger partial charge in [-0.2, -0.15) is 0 Å². The molecule has 0 saturated carbocycles. The number of hydrogen-bond donors (Lipinski definition) is 1. The van der Waals surface area contributed by atoms with Crippen molar-refractivity contribution in [2.24, 2.45) is 4.99 Å². The van der Waals surface area contributed by atoms with Crippen LogP contribution >= 0.6 is 24.0 Å². The molecule has 0 aliphatic carbocycles. The number of aliphatic imine (C=N–C) groups is 1. The van der Waals surface area contributed by atoms with Crippen molar-refractivity contribution < 1.29 is 0 Å². The molecule has 1 aromatic rings. The molecule has 4 heterocycles. The third kappa shape index (κ3) is 5.03. The van der Waals surface area contributed by atoms with Gasteiger partial charge in [-0.3, -0.25) is 14.8 Å². The molecule has 0 radical (unpaired) electrons. The Labute approximate surface area is 180 Å². The molecule has 3 saturated heterocycles. The highest BCUT2D eigenvalue weighted by Crippen LogP contribution is 2.22. The fourth-order valence-corrected chi connectivity index (χ4v) is 4.29. The van der Waals surface area contributed by atoms with E-state index in [1.165, 1.54) is 43.9 Å². The van der Waals surface area contributed by atoms with Crippen molar-refractivity contribution in [1.82, 2.24) is 20.0 Å². The normalized spacial score (nSPS) is 27.7. The van der Waals surface area contributed by atoms with Crippen LogP contribution in [0.4, 0.5) is 0 Å². The van der Waals surface area contributed by atoms with Crippen LogP contribution in [0.2, 0.25) is 0 Å². The van der Waals surface area contributed by atoms with Gasteiger partial charge in [-0.25, -0.2) is 0 Å². The van der Waals surface area contributed by atoms with Gasteiger partial charge in [0.05, 0.1) is 6.54 Å². The van der Waals surface area contributed by atoms with E-state index in [4.69, 9.17) is 4.99 Å². The first-order chi connectivity index (χ1) is 12.8. The predicted molar refractivity (Wildman–Crippen MR) is 124 cm³/mol. The zero-order valence-electron chi connectivity index (χ0n) is 16.3. The summed E-state index contributed by atoms with van der Waals surface area (Å²) in [6.07, 6.45) is 3.45. The first-order valence-corrected chi connectivity index (χ1v) is 10.1. The van der Waals surface area contributed by atoms with E-state index in [0.29, 0.717) is 6.04 Å². The number of fused-ring (bicyclic) bond motifs is 3. The number of nitrogens with zero attached hydrogens (tertiary/aromatic N) is 4. The summed E-state index contributed by atoms with van der Waals surface area (Å²) in [7, 11) is 0. The lowest BCUT2D eigenvalue weighted by atomic mass is 10.00. The topological polar surface area (TPSA) is 34.1 Å². The highest BCUT2D eigenvalue weighted by molar-refractivity contribution is 14.0. The Morgan fingerprint density at radius 3 is 2.48 bits per heavy atom. The Balaban J connectivity index is 0.00000210. The molecule has 0 spiro atoms.